The molecule has 15 heavy (non-hydrogen) atoms. The second kappa shape index (κ2) is 7.15. The maximum atomic E-state index is 5.96. The van der Waals surface area contributed by atoms with E-state index in [9.17, 15) is 0 Å². The second-order valence-electron chi connectivity index (χ2n) is 3.50. The van der Waals surface area contributed by atoms with Crippen LogP contribution in [0.4, 0.5) is 0 Å². The normalized spacial score (nSPS) is 12.7. The third-order valence-corrected chi connectivity index (χ3v) is 3.88. The second-order valence-corrected chi connectivity index (χ2v) is 5.25. The first-order chi connectivity index (χ1) is 7.27. The van der Waals surface area contributed by atoms with E-state index in [0.717, 1.165) is 5.02 Å². The van der Waals surface area contributed by atoms with E-state index in [2.05, 4.69) is 13.0 Å². The highest BCUT2D eigenvalue weighted by Crippen LogP contribution is 2.29. The van der Waals surface area contributed by atoms with Gasteiger partial charge in [-0.1, -0.05) is 37.1 Å². The standard InChI is InChI=1S/C12H18ClNS/c1-2-3-7-15-12(9-14)10-5-4-6-11(13)8-10/h4-6,8,12H,2-3,7,9,14H2,1H3. The van der Waals surface area contributed by atoms with E-state index in [1.54, 1.807) is 0 Å². The van der Waals surface area contributed by atoms with Crippen molar-refractivity contribution in [2.24, 2.45) is 5.73 Å². The van der Waals surface area contributed by atoms with E-state index in [1.165, 1.54) is 24.2 Å². The van der Waals surface area contributed by atoms with Crippen LogP contribution >= 0.6 is 23.4 Å². The van der Waals surface area contributed by atoms with Crippen molar-refractivity contribution in [2.45, 2.75) is 25.0 Å². The molecule has 3 heteroatoms. The SMILES string of the molecule is CCCCSC(CN)c1cccc(Cl)c1. The molecule has 0 bridgehead atoms. The van der Waals surface area contributed by atoms with Crippen molar-refractivity contribution < 1.29 is 0 Å². The summed E-state index contributed by atoms with van der Waals surface area (Å²) in [5.74, 6) is 1.17. The average molecular weight is 244 g/mol. The molecule has 1 nitrogen and oxygen atoms in total. The van der Waals surface area contributed by atoms with E-state index in [0.29, 0.717) is 11.8 Å². The molecule has 0 saturated heterocycles. The molecule has 0 saturated carbocycles. The van der Waals surface area contributed by atoms with Crippen molar-refractivity contribution in [3.8, 4) is 0 Å². The Kier molecular flexibility index (Phi) is 6.15. The molecule has 1 aromatic rings. The first-order valence-electron chi connectivity index (χ1n) is 5.35. The third kappa shape index (κ3) is 4.45. The fourth-order valence-electron chi connectivity index (χ4n) is 1.38. The Hall–Kier alpha value is -0.180. The monoisotopic (exact) mass is 243 g/mol. The number of nitrogens with two attached hydrogens (primary N) is 1. The number of benzene rings is 1. The number of thioether (sulfide) groups is 1. The summed E-state index contributed by atoms with van der Waals surface area (Å²) in [6.45, 7) is 2.88. The number of rotatable bonds is 6. The largest absolute Gasteiger partial charge is 0.329 e. The van der Waals surface area contributed by atoms with Gasteiger partial charge < -0.3 is 5.73 Å². The van der Waals surface area contributed by atoms with Crippen LogP contribution in [0, 0.1) is 0 Å². The lowest BCUT2D eigenvalue weighted by molar-refractivity contribution is 0.882. The predicted molar refractivity (Wildman–Crippen MR) is 70.6 cm³/mol. The van der Waals surface area contributed by atoms with E-state index >= 15 is 0 Å². The zero-order valence-corrected chi connectivity index (χ0v) is 10.7. The summed E-state index contributed by atoms with van der Waals surface area (Å²) in [5, 5.41) is 1.18. The van der Waals surface area contributed by atoms with Crippen LogP contribution in [-0.2, 0) is 0 Å². The van der Waals surface area contributed by atoms with Crippen LogP contribution in [0.15, 0.2) is 24.3 Å². The van der Waals surface area contributed by atoms with Gasteiger partial charge in [0.1, 0.15) is 0 Å². The smallest absolute Gasteiger partial charge is 0.0420 e. The zero-order chi connectivity index (χ0) is 11.1. The van der Waals surface area contributed by atoms with Gasteiger partial charge in [0, 0.05) is 16.8 Å². The Bertz CT molecular complexity index is 291. The molecule has 0 aromatic heterocycles. The Morgan fingerprint density at radius 3 is 2.87 bits per heavy atom. The molecule has 1 atom stereocenters. The minimum Gasteiger partial charge on any atom is -0.329 e. The zero-order valence-electron chi connectivity index (χ0n) is 9.08. The van der Waals surface area contributed by atoms with Gasteiger partial charge in [-0.15, -0.1) is 0 Å². The molecule has 1 unspecified atom stereocenters. The van der Waals surface area contributed by atoms with Gasteiger partial charge in [-0.25, -0.2) is 0 Å². The molecule has 0 fully saturated rings. The van der Waals surface area contributed by atoms with Crippen LogP contribution in [0.2, 0.25) is 5.02 Å². The predicted octanol–water partition coefficient (Wildman–Crippen LogP) is 3.87. The van der Waals surface area contributed by atoms with Gasteiger partial charge in [-0.2, -0.15) is 11.8 Å². The molecule has 0 amide bonds. The number of unbranched alkanes of at least 4 members (excludes halogenated alkanes) is 1. The van der Waals surface area contributed by atoms with Crippen LogP contribution in [0.1, 0.15) is 30.6 Å². The lowest BCUT2D eigenvalue weighted by Crippen LogP contribution is -2.09. The van der Waals surface area contributed by atoms with Crippen molar-refractivity contribution in [3.63, 3.8) is 0 Å². The molecule has 1 rings (SSSR count). The fraction of sp³-hybridized carbons (Fsp3) is 0.500. The Morgan fingerprint density at radius 2 is 2.27 bits per heavy atom. The minimum absolute atomic E-state index is 0.384. The molecule has 84 valence electrons. The molecule has 2 N–H and O–H groups in total. The molecule has 0 spiro atoms. The number of hydrogen-bond acceptors (Lipinski definition) is 2. The van der Waals surface area contributed by atoms with E-state index in [1.807, 2.05) is 30.0 Å². The summed E-state index contributed by atoms with van der Waals surface area (Å²) >= 11 is 7.88. The van der Waals surface area contributed by atoms with Crippen molar-refractivity contribution >= 4 is 23.4 Å². The topological polar surface area (TPSA) is 26.0 Å². The van der Waals surface area contributed by atoms with Gasteiger partial charge in [-0.3, -0.25) is 0 Å². The van der Waals surface area contributed by atoms with Crippen molar-refractivity contribution in [1.29, 1.82) is 0 Å². The summed E-state index contributed by atoms with van der Waals surface area (Å²) < 4.78 is 0. The van der Waals surface area contributed by atoms with Crippen LogP contribution in [0.3, 0.4) is 0 Å². The first kappa shape index (κ1) is 12.9. The maximum absolute atomic E-state index is 5.96. The third-order valence-electron chi connectivity index (χ3n) is 2.25. The molecule has 1 aromatic carbocycles. The van der Waals surface area contributed by atoms with Gasteiger partial charge in [-0.05, 0) is 29.9 Å². The lowest BCUT2D eigenvalue weighted by atomic mass is 10.1. The van der Waals surface area contributed by atoms with Gasteiger partial charge in [0.25, 0.3) is 0 Å². The fourth-order valence-corrected chi connectivity index (χ4v) is 2.79. The lowest BCUT2D eigenvalue weighted by Gasteiger charge is -2.14. The van der Waals surface area contributed by atoms with Gasteiger partial charge in [0.15, 0.2) is 0 Å². The van der Waals surface area contributed by atoms with E-state index in [-0.39, 0.29) is 0 Å². The Morgan fingerprint density at radius 1 is 1.47 bits per heavy atom. The Balaban J connectivity index is 2.57. The van der Waals surface area contributed by atoms with Gasteiger partial charge >= 0.3 is 0 Å². The highest BCUT2D eigenvalue weighted by molar-refractivity contribution is 7.99. The molecule has 0 radical (unpaired) electrons. The van der Waals surface area contributed by atoms with E-state index in [4.69, 9.17) is 17.3 Å². The van der Waals surface area contributed by atoms with Crippen LogP contribution in [0.25, 0.3) is 0 Å². The summed E-state index contributed by atoms with van der Waals surface area (Å²) in [7, 11) is 0. The van der Waals surface area contributed by atoms with Crippen LogP contribution < -0.4 is 5.73 Å². The summed E-state index contributed by atoms with van der Waals surface area (Å²) in [4.78, 5) is 0. The quantitative estimate of drug-likeness (QED) is 0.768. The maximum Gasteiger partial charge on any atom is 0.0420 e. The molecular weight excluding hydrogens is 226 g/mol. The highest BCUT2D eigenvalue weighted by Gasteiger charge is 2.09. The van der Waals surface area contributed by atoms with Crippen molar-refractivity contribution in [3.05, 3.63) is 34.9 Å². The summed E-state index contributed by atoms with van der Waals surface area (Å²) in [6, 6.07) is 8.00. The molecule has 0 aliphatic rings. The number of halogens is 1. The molecular formula is C12H18ClNS. The summed E-state index contributed by atoms with van der Waals surface area (Å²) in [5.41, 5.74) is 7.01. The highest BCUT2D eigenvalue weighted by atomic mass is 35.5. The van der Waals surface area contributed by atoms with Crippen molar-refractivity contribution in [2.75, 3.05) is 12.3 Å². The summed E-state index contributed by atoms with van der Waals surface area (Å²) in [6.07, 6.45) is 2.49. The van der Waals surface area contributed by atoms with Gasteiger partial charge in [0.05, 0.1) is 0 Å². The van der Waals surface area contributed by atoms with Crippen LogP contribution in [0.5, 0.6) is 0 Å². The average Bonchev–Trinajstić information content (AvgIpc) is 2.24. The minimum atomic E-state index is 0.384. The Labute approximate surface area is 101 Å². The molecule has 0 aliphatic heterocycles. The number of hydrogen-bond donors (Lipinski definition) is 1. The molecule has 0 aliphatic carbocycles. The first-order valence-corrected chi connectivity index (χ1v) is 6.77. The van der Waals surface area contributed by atoms with E-state index < -0.39 is 0 Å². The molecule has 0 heterocycles. The van der Waals surface area contributed by atoms with Crippen LogP contribution in [-0.4, -0.2) is 12.3 Å². The van der Waals surface area contributed by atoms with Crippen molar-refractivity contribution in [1.82, 2.24) is 0 Å². The van der Waals surface area contributed by atoms with Gasteiger partial charge in [0.2, 0.25) is 0 Å².